The third kappa shape index (κ3) is 11.2. The number of aliphatic hydroxyl groups is 4. The van der Waals surface area contributed by atoms with Crippen molar-refractivity contribution in [3.05, 3.63) is 64.7 Å². The van der Waals surface area contributed by atoms with Crippen molar-refractivity contribution in [2.75, 3.05) is 39.6 Å². The van der Waals surface area contributed by atoms with Crippen LogP contribution >= 0.6 is 0 Å². The Hall–Kier alpha value is -2.71. The second kappa shape index (κ2) is 20.0. The van der Waals surface area contributed by atoms with Gasteiger partial charge < -0.3 is 29.9 Å². The molecule has 0 spiro atoms. The minimum Gasteiger partial charge on any atom is -0.492 e. The number of aryl methyl sites for hydroxylation is 3. The summed E-state index contributed by atoms with van der Waals surface area (Å²) in [6.45, 7) is 8.46. The molecule has 3 rings (SSSR count). The molecule has 0 amide bonds. The predicted octanol–water partition coefficient (Wildman–Crippen LogP) is 7.09. The summed E-state index contributed by atoms with van der Waals surface area (Å²) in [6, 6.07) is 11.2. The van der Waals surface area contributed by atoms with Crippen LogP contribution in [0.4, 0.5) is 0 Å². The van der Waals surface area contributed by atoms with Gasteiger partial charge in [-0.15, -0.1) is 0 Å². The smallest absolute Gasteiger partial charge is 0.333 e. The van der Waals surface area contributed by atoms with Gasteiger partial charge in [0.15, 0.2) is 0 Å². The average molecular weight is 653 g/mol. The number of esters is 1. The molecular weight excluding hydrogens is 592 g/mol. The van der Waals surface area contributed by atoms with Crippen molar-refractivity contribution in [1.29, 1.82) is 0 Å². The second-order valence-corrected chi connectivity index (χ2v) is 13.7. The van der Waals surface area contributed by atoms with Crippen molar-refractivity contribution in [2.24, 2.45) is 11.3 Å². The van der Waals surface area contributed by atoms with Crippen molar-refractivity contribution in [1.82, 2.24) is 0 Å². The molecule has 0 atom stereocenters. The van der Waals surface area contributed by atoms with Crippen molar-refractivity contribution >= 4 is 5.97 Å². The molecule has 2 aromatic rings. The van der Waals surface area contributed by atoms with Gasteiger partial charge in [-0.3, -0.25) is 0 Å². The largest absolute Gasteiger partial charge is 0.492 e. The molecule has 4 N–H and O–H groups in total. The number of rotatable bonds is 21. The number of carbonyl (C=O) groups excluding carboxylic acids is 1. The Morgan fingerprint density at radius 1 is 0.851 bits per heavy atom. The van der Waals surface area contributed by atoms with E-state index in [1.165, 1.54) is 68.1 Å². The Morgan fingerprint density at radius 2 is 1.49 bits per heavy atom. The molecule has 0 saturated heterocycles. The molecule has 0 aliphatic heterocycles. The summed E-state index contributed by atoms with van der Waals surface area (Å²) in [4.78, 5) is 12.1. The highest BCUT2D eigenvalue weighted by Gasteiger charge is 2.33. The summed E-state index contributed by atoms with van der Waals surface area (Å²) in [7, 11) is 0. The van der Waals surface area contributed by atoms with Crippen molar-refractivity contribution in [2.45, 2.75) is 110 Å². The molecule has 1 fully saturated rings. The molecule has 1 aliphatic rings. The van der Waals surface area contributed by atoms with Crippen LogP contribution in [0.2, 0.25) is 0 Å². The van der Waals surface area contributed by atoms with Crippen LogP contribution in [0, 0.1) is 11.3 Å². The molecule has 0 unspecified atom stereocenters. The lowest BCUT2D eigenvalue weighted by Crippen LogP contribution is -2.41. The lowest BCUT2D eigenvalue weighted by Gasteiger charge is -2.30. The van der Waals surface area contributed by atoms with Crippen LogP contribution in [-0.2, 0) is 28.8 Å². The van der Waals surface area contributed by atoms with Crippen LogP contribution < -0.4 is 4.74 Å². The van der Waals surface area contributed by atoms with Crippen LogP contribution in [-0.4, -0.2) is 66.0 Å². The summed E-state index contributed by atoms with van der Waals surface area (Å²) < 4.78 is 11.7. The molecular formula is C40H60O7. The summed E-state index contributed by atoms with van der Waals surface area (Å²) in [5.74, 6) is 1.52. The standard InChI is InChI=1S/C40H60O7/c1-5-7-8-11-30-14-16-32(17-15-30)33-18-19-37(31(6-2)22-33)36-23-34(12-9-20-41)38(35(24-36)13-10-21-42)46-27-40(25-43,26-44)28-47-39(45)29(3)4/h18-19,22-24,30,32,41-44H,3,5-17,20-21,25-28H2,1-2,4H3. The van der Waals surface area contributed by atoms with Crippen LogP contribution in [0.3, 0.4) is 0 Å². The highest BCUT2D eigenvalue weighted by Crippen LogP contribution is 2.40. The number of hydrogen-bond donors (Lipinski definition) is 4. The van der Waals surface area contributed by atoms with Crippen LogP contribution in [0.1, 0.15) is 113 Å². The van der Waals surface area contributed by atoms with Gasteiger partial charge in [-0.25, -0.2) is 4.79 Å². The minimum absolute atomic E-state index is 0.0273. The van der Waals surface area contributed by atoms with Gasteiger partial charge in [-0.1, -0.05) is 64.3 Å². The number of benzene rings is 2. The zero-order chi connectivity index (χ0) is 34.2. The van der Waals surface area contributed by atoms with E-state index in [-0.39, 0.29) is 32.0 Å². The zero-order valence-electron chi connectivity index (χ0n) is 29.2. The first kappa shape index (κ1) is 38.7. The number of aliphatic hydroxyl groups excluding tert-OH is 4. The van der Waals surface area contributed by atoms with Gasteiger partial charge in [-0.2, -0.15) is 0 Å². The van der Waals surface area contributed by atoms with E-state index in [1.54, 1.807) is 6.92 Å². The van der Waals surface area contributed by atoms with E-state index in [0.29, 0.717) is 37.4 Å². The topological polar surface area (TPSA) is 116 Å². The number of ether oxygens (including phenoxy) is 2. The Balaban J connectivity index is 1.92. The van der Waals surface area contributed by atoms with Gasteiger partial charge >= 0.3 is 5.97 Å². The Kier molecular flexibility index (Phi) is 16.4. The molecule has 7 heteroatoms. The Morgan fingerprint density at radius 3 is 2.02 bits per heavy atom. The normalized spacial score (nSPS) is 16.7. The highest BCUT2D eigenvalue weighted by atomic mass is 16.5. The molecule has 2 aromatic carbocycles. The first-order valence-corrected chi connectivity index (χ1v) is 17.9. The van der Waals surface area contributed by atoms with E-state index in [0.717, 1.165) is 29.0 Å². The molecule has 1 aliphatic carbocycles. The first-order valence-electron chi connectivity index (χ1n) is 17.9. The number of unbranched alkanes of at least 4 members (excludes halogenated alkanes) is 2. The van der Waals surface area contributed by atoms with E-state index in [9.17, 15) is 25.2 Å². The Labute approximate surface area is 283 Å². The van der Waals surface area contributed by atoms with E-state index >= 15 is 0 Å². The van der Waals surface area contributed by atoms with E-state index < -0.39 is 24.6 Å². The summed E-state index contributed by atoms with van der Waals surface area (Å²) in [5.41, 5.74) is 5.85. The first-order chi connectivity index (χ1) is 22.7. The van der Waals surface area contributed by atoms with E-state index in [2.05, 4.69) is 50.8 Å². The zero-order valence-corrected chi connectivity index (χ0v) is 29.2. The number of hydrogen-bond acceptors (Lipinski definition) is 7. The van der Waals surface area contributed by atoms with Gasteiger partial charge in [0.25, 0.3) is 0 Å². The van der Waals surface area contributed by atoms with Gasteiger partial charge in [-0.05, 0) is 122 Å². The minimum atomic E-state index is -1.22. The summed E-state index contributed by atoms with van der Waals surface area (Å²) in [5, 5.41) is 39.9. The monoisotopic (exact) mass is 652 g/mol. The van der Waals surface area contributed by atoms with Gasteiger partial charge in [0.1, 0.15) is 19.0 Å². The summed E-state index contributed by atoms with van der Waals surface area (Å²) >= 11 is 0. The van der Waals surface area contributed by atoms with Crippen molar-refractivity contribution in [3.63, 3.8) is 0 Å². The molecule has 47 heavy (non-hydrogen) atoms. The SMILES string of the molecule is C=C(C)C(=O)OCC(CO)(CO)COc1c(CCCO)cc(-c2ccc(C3CCC(CCCCC)CC3)cc2CC)cc1CCCO. The fourth-order valence-corrected chi connectivity index (χ4v) is 6.76. The molecule has 1 saturated carbocycles. The van der Waals surface area contributed by atoms with Crippen LogP contribution in [0.15, 0.2) is 42.5 Å². The summed E-state index contributed by atoms with van der Waals surface area (Å²) in [6.07, 6.45) is 13.7. The molecule has 0 bridgehead atoms. The lowest BCUT2D eigenvalue weighted by molar-refractivity contribution is -0.146. The number of carbonyl (C=O) groups is 1. The molecule has 0 radical (unpaired) electrons. The second-order valence-electron chi connectivity index (χ2n) is 13.7. The van der Waals surface area contributed by atoms with Gasteiger partial charge in [0.2, 0.25) is 0 Å². The Bertz CT molecular complexity index is 1230. The maximum absolute atomic E-state index is 12.1. The maximum Gasteiger partial charge on any atom is 0.333 e. The van der Waals surface area contributed by atoms with Crippen LogP contribution in [0.25, 0.3) is 11.1 Å². The van der Waals surface area contributed by atoms with Crippen molar-refractivity contribution in [3.8, 4) is 16.9 Å². The highest BCUT2D eigenvalue weighted by molar-refractivity contribution is 5.86. The third-order valence-corrected chi connectivity index (χ3v) is 9.86. The fourth-order valence-electron chi connectivity index (χ4n) is 6.76. The third-order valence-electron chi connectivity index (χ3n) is 9.86. The van der Waals surface area contributed by atoms with Crippen LogP contribution in [0.5, 0.6) is 5.75 Å². The molecule has 0 aromatic heterocycles. The molecule has 7 nitrogen and oxygen atoms in total. The average Bonchev–Trinajstić information content (AvgIpc) is 3.10. The van der Waals surface area contributed by atoms with Gasteiger partial charge in [0.05, 0.1) is 18.6 Å². The maximum atomic E-state index is 12.1. The van der Waals surface area contributed by atoms with E-state index in [1.807, 2.05) is 0 Å². The fraction of sp³-hybridized carbons (Fsp3) is 0.625. The lowest BCUT2D eigenvalue weighted by atomic mass is 9.76. The quantitative estimate of drug-likeness (QED) is 0.0647. The van der Waals surface area contributed by atoms with Crippen molar-refractivity contribution < 1.29 is 34.7 Å². The van der Waals surface area contributed by atoms with Gasteiger partial charge in [0, 0.05) is 18.8 Å². The molecule has 262 valence electrons. The predicted molar refractivity (Wildman–Crippen MR) is 189 cm³/mol. The van der Waals surface area contributed by atoms with E-state index in [4.69, 9.17) is 9.47 Å². The molecule has 0 heterocycles.